The molecule has 0 aliphatic heterocycles. The molecule has 176 valence electrons. The maximum Gasteiger partial charge on any atom is 0.434 e. The fourth-order valence-electron chi connectivity index (χ4n) is 3.31. The lowest BCUT2D eigenvalue weighted by molar-refractivity contribution is -0.140. The molecule has 3 heterocycles. The van der Waals surface area contributed by atoms with Gasteiger partial charge in [0.25, 0.3) is 0 Å². The number of carbonyl (C=O) groups is 1. The summed E-state index contributed by atoms with van der Waals surface area (Å²) in [5, 5.41) is 7.65. The van der Waals surface area contributed by atoms with Crippen LogP contribution in [0, 0.1) is 12.3 Å². The Balaban J connectivity index is 1.77. The molecule has 4 aromatic rings. The Hall–Kier alpha value is -3.46. The summed E-state index contributed by atoms with van der Waals surface area (Å²) in [5.41, 5.74) is 1.19. The van der Waals surface area contributed by atoms with Crippen molar-refractivity contribution in [3.05, 3.63) is 65.1 Å². The Morgan fingerprint density at radius 1 is 1.06 bits per heavy atom. The summed E-state index contributed by atoms with van der Waals surface area (Å²) in [6, 6.07) is 9.24. The Morgan fingerprint density at radius 2 is 1.79 bits per heavy atom. The molecule has 0 atom stereocenters. The van der Waals surface area contributed by atoms with E-state index in [1.807, 2.05) is 27.7 Å². The van der Waals surface area contributed by atoms with E-state index < -0.39 is 17.3 Å². The number of nitrogens with one attached hydrogen (secondary N) is 1. The third-order valence-electron chi connectivity index (χ3n) is 5.19. The van der Waals surface area contributed by atoms with Gasteiger partial charge in [0.2, 0.25) is 5.91 Å². The summed E-state index contributed by atoms with van der Waals surface area (Å²) in [4.78, 5) is 20.5. The van der Waals surface area contributed by atoms with Crippen LogP contribution in [0.15, 0.2) is 48.8 Å². The molecule has 0 fully saturated rings. The molecule has 1 aromatic carbocycles. The number of alkyl halides is 3. The van der Waals surface area contributed by atoms with Gasteiger partial charge in [-0.15, -0.1) is 0 Å². The lowest BCUT2D eigenvalue weighted by atomic mass is 9.95. The van der Waals surface area contributed by atoms with Crippen LogP contribution in [0.1, 0.15) is 32.0 Å². The van der Waals surface area contributed by atoms with Crippen molar-refractivity contribution in [3.8, 4) is 22.5 Å². The molecule has 0 radical (unpaired) electrons. The number of anilines is 1. The third kappa shape index (κ3) is 4.61. The highest BCUT2D eigenvalue weighted by atomic mass is 35.5. The predicted octanol–water partition coefficient (Wildman–Crippen LogP) is 6.42. The smallest absolute Gasteiger partial charge is 0.325 e. The number of hydrogen-bond acceptors (Lipinski definition) is 4. The first-order valence-corrected chi connectivity index (χ1v) is 10.7. The van der Waals surface area contributed by atoms with Crippen LogP contribution < -0.4 is 5.32 Å². The number of imidazole rings is 1. The van der Waals surface area contributed by atoms with Gasteiger partial charge in [0.15, 0.2) is 11.3 Å². The zero-order valence-electron chi connectivity index (χ0n) is 18.8. The number of pyridine rings is 1. The molecule has 10 heteroatoms. The molecule has 0 spiro atoms. The summed E-state index contributed by atoms with van der Waals surface area (Å²) in [7, 11) is 0. The Morgan fingerprint density at radius 3 is 2.47 bits per heavy atom. The Bertz CT molecular complexity index is 1410. The van der Waals surface area contributed by atoms with Gasteiger partial charge in [-0.05, 0) is 48.9 Å². The van der Waals surface area contributed by atoms with Crippen LogP contribution in [-0.4, -0.2) is 25.5 Å². The fourth-order valence-corrected chi connectivity index (χ4v) is 3.62. The van der Waals surface area contributed by atoms with Gasteiger partial charge in [0, 0.05) is 28.4 Å². The lowest BCUT2D eigenvalue weighted by Gasteiger charge is -2.19. The van der Waals surface area contributed by atoms with E-state index in [-0.39, 0.29) is 17.2 Å². The molecule has 0 saturated carbocycles. The standard InChI is InChI=1S/C24H21ClF3N5O/c1-13-10-16(25)15(11-18(13)31-22(34)23(2,3)4)19-12-33-20(30-19)8-7-17(32-33)14-6-5-9-29-21(14)24(26,27)28/h5-12H,1-4H3,(H,31,34). The van der Waals surface area contributed by atoms with E-state index in [1.165, 1.54) is 22.7 Å². The molecule has 0 aliphatic rings. The van der Waals surface area contributed by atoms with Crippen LogP contribution >= 0.6 is 11.6 Å². The van der Waals surface area contributed by atoms with E-state index in [1.54, 1.807) is 24.4 Å². The second-order valence-electron chi connectivity index (χ2n) is 8.90. The van der Waals surface area contributed by atoms with Crippen LogP contribution in [0.4, 0.5) is 18.9 Å². The topological polar surface area (TPSA) is 72.2 Å². The van der Waals surface area contributed by atoms with Gasteiger partial charge >= 0.3 is 6.18 Å². The predicted molar refractivity (Wildman–Crippen MR) is 124 cm³/mol. The Labute approximate surface area is 198 Å². The summed E-state index contributed by atoms with van der Waals surface area (Å²) in [6.07, 6.45) is -1.94. The molecule has 3 aromatic heterocycles. The monoisotopic (exact) mass is 487 g/mol. The van der Waals surface area contributed by atoms with E-state index in [0.717, 1.165) is 11.8 Å². The normalized spacial score (nSPS) is 12.2. The molecular weight excluding hydrogens is 467 g/mol. The highest BCUT2D eigenvalue weighted by molar-refractivity contribution is 6.33. The average molecular weight is 488 g/mol. The zero-order valence-corrected chi connectivity index (χ0v) is 19.6. The highest BCUT2D eigenvalue weighted by Gasteiger charge is 2.35. The molecule has 0 aliphatic carbocycles. The third-order valence-corrected chi connectivity index (χ3v) is 5.50. The number of aryl methyl sites for hydroxylation is 1. The molecule has 4 rings (SSSR count). The zero-order chi connectivity index (χ0) is 24.8. The van der Waals surface area contributed by atoms with Gasteiger partial charge in [-0.1, -0.05) is 32.4 Å². The van der Waals surface area contributed by atoms with Crippen molar-refractivity contribution < 1.29 is 18.0 Å². The van der Waals surface area contributed by atoms with E-state index >= 15 is 0 Å². The van der Waals surface area contributed by atoms with Crippen molar-refractivity contribution in [1.82, 2.24) is 19.6 Å². The second-order valence-corrected chi connectivity index (χ2v) is 9.30. The van der Waals surface area contributed by atoms with Gasteiger partial charge in [0.05, 0.1) is 22.6 Å². The van der Waals surface area contributed by atoms with Crippen LogP contribution in [0.5, 0.6) is 0 Å². The SMILES string of the molecule is Cc1cc(Cl)c(-c2cn3nc(-c4cccnc4C(F)(F)F)ccc3n2)cc1NC(=O)C(C)(C)C. The lowest BCUT2D eigenvalue weighted by Crippen LogP contribution is -2.27. The van der Waals surface area contributed by atoms with Gasteiger partial charge in [-0.3, -0.25) is 9.78 Å². The number of hydrogen-bond donors (Lipinski definition) is 1. The van der Waals surface area contributed by atoms with Crippen LogP contribution in [0.3, 0.4) is 0 Å². The maximum absolute atomic E-state index is 13.4. The van der Waals surface area contributed by atoms with E-state index in [9.17, 15) is 18.0 Å². The highest BCUT2D eigenvalue weighted by Crippen LogP contribution is 2.36. The first-order valence-electron chi connectivity index (χ1n) is 10.4. The first-order chi connectivity index (χ1) is 15.8. The van der Waals surface area contributed by atoms with Crippen LogP contribution in [-0.2, 0) is 11.0 Å². The molecule has 0 bridgehead atoms. The van der Waals surface area contributed by atoms with Gasteiger partial charge in [-0.25, -0.2) is 9.50 Å². The minimum atomic E-state index is -4.61. The number of carbonyl (C=O) groups excluding carboxylic acids is 1. The van der Waals surface area contributed by atoms with Crippen molar-refractivity contribution in [1.29, 1.82) is 0 Å². The molecule has 0 saturated heterocycles. The molecule has 1 N–H and O–H groups in total. The number of fused-ring (bicyclic) bond motifs is 1. The average Bonchev–Trinajstić information content (AvgIpc) is 3.17. The van der Waals surface area contributed by atoms with E-state index in [0.29, 0.717) is 27.6 Å². The van der Waals surface area contributed by atoms with E-state index in [2.05, 4.69) is 20.4 Å². The molecule has 6 nitrogen and oxygen atoms in total. The van der Waals surface area contributed by atoms with E-state index in [4.69, 9.17) is 11.6 Å². The molecule has 34 heavy (non-hydrogen) atoms. The van der Waals surface area contributed by atoms with Gasteiger partial charge in [0.1, 0.15) is 0 Å². The fraction of sp³-hybridized carbons (Fsp3) is 0.250. The summed E-state index contributed by atoms with van der Waals surface area (Å²) >= 11 is 6.47. The number of amides is 1. The van der Waals surface area contributed by atoms with Gasteiger partial charge < -0.3 is 5.32 Å². The van der Waals surface area contributed by atoms with Crippen molar-refractivity contribution in [2.24, 2.45) is 5.41 Å². The molecular formula is C24H21ClF3N5O. The number of halogens is 4. The van der Waals surface area contributed by atoms with Gasteiger partial charge in [-0.2, -0.15) is 18.3 Å². The maximum atomic E-state index is 13.4. The molecule has 0 unspecified atom stereocenters. The number of aromatic nitrogens is 4. The largest absolute Gasteiger partial charge is 0.434 e. The second kappa shape index (κ2) is 8.39. The summed E-state index contributed by atoms with van der Waals surface area (Å²) in [5.74, 6) is -0.151. The minimum Gasteiger partial charge on any atom is -0.325 e. The number of benzene rings is 1. The number of rotatable bonds is 3. The van der Waals surface area contributed by atoms with Crippen LogP contribution in [0.25, 0.3) is 28.2 Å². The van der Waals surface area contributed by atoms with Crippen molar-refractivity contribution in [2.75, 3.05) is 5.32 Å². The van der Waals surface area contributed by atoms with Crippen molar-refractivity contribution in [3.63, 3.8) is 0 Å². The first kappa shape index (κ1) is 23.7. The summed E-state index contributed by atoms with van der Waals surface area (Å²) in [6.45, 7) is 7.27. The number of nitrogens with zero attached hydrogens (tertiary/aromatic N) is 4. The Kier molecular flexibility index (Phi) is 5.85. The molecule has 1 amide bonds. The quantitative estimate of drug-likeness (QED) is 0.362. The minimum absolute atomic E-state index is 0.102. The summed E-state index contributed by atoms with van der Waals surface area (Å²) < 4.78 is 41.6. The van der Waals surface area contributed by atoms with Crippen LogP contribution in [0.2, 0.25) is 5.02 Å². The van der Waals surface area contributed by atoms with Crippen molar-refractivity contribution >= 4 is 28.8 Å². The van der Waals surface area contributed by atoms with Crippen molar-refractivity contribution in [2.45, 2.75) is 33.9 Å².